The first-order valence-corrected chi connectivity index (χ1v) is 10.7. The lowest BCUT2D eigenvalue weighted by Gasteiger charge is -2.26. The molecule has 146 valence electrons. The predicted octanol–water partition coefficient (Wildman–Crippen LogP) is 1.62. The minimum Gasteiger partial charge on any atom is -0.279 e. The van der Waals surface area contributed by atoms with E-state index in [1.165, 1.54) is 29.6 Å². The number of hydrogen-bond acceptors (Lipinski definition) is 4. The molecular weight excluding hydrogens is 371 g/mol. The highest BCUT2D eigenvalue weighted by Gasteiger charge is 2.31. The summed E-state index contributed by atoms with van der Waals surface area (Å²) in [6, 6.07) is 4.77. The summed E-state index contributed by atoms with van der Waals surface area (Å²) in [7, 11) is -2.28. The highest BCUT2D eigenvalue weighted by molar-refractivity contribution is 7.89. The zero-order chi connectivity index (χ0) is 19.2. The molecule has 4 rings (SSSR count). The largest absolute Gasteiger partial charge is 0.345 e. The van der Waals surface area contributed by atoms with Gasteiger partial charge in [-0.3, -0.25) is 4.57 Å². The third-order valence-corrected chi connectivity index (χ3v) is 7.41. The summed E-state index contributed by atoms with van der Waals surface area (Å²) in [5.41, 5.74) is -0.104. The number of rotatable bonds is 5. The van der Waals surface area contributed by atoms with E-state index in [1.807, 2.05) is 0 Å². The second-order valence-electron chi connectivity index (χ2n) is 7.44. The molecule has 1 aromatic carbocycles. The zero-order valence-corrected chi connectivity index (χ0v) is 16.0. The maximum absolute atomic E-state index is 13.5. The fourth-order valence-corrected chi connectivity index (χ4v) is 5.08. The van der Waals surface area contributed by atoms with Crippen molar-refractivity contribution in [1.82, 2.24) is 18.7 Å². The molecule has 7 nitrogen and oxygen atoms in total. The first-order valence-electron chi connectivity index (χ1n) is 9.26. The van der Waals surface area contributed by atoms with Crippen LogP contribution in [0.4, 0.5) is 4.39 Å². The Hall–Kier alpha value is -2.00. The van der Waals surface area contributed by atoms with Gasteiger partial charge in [0.25, 0.3) is 0 Å². The van der Waals surface area contributed by atoms with Gasteiger partial charge in [-0.15, -0.1) is 0 Å². The Bertz CT molecular complexity index is 1010. The summed E-state index contributed by atoms with van der Waals surface area (Å²) in [4.78, 5) is 12.5. The van der Waals surface area contributed by atoms with Crippen LogP contribution in [-0.2, 0) is 29.5 Å². The fourth-order valence-electron chi connectivity index (χ4n) is 3.63. The molecule has 1 atom stereocenters. The maximum Gasteiger partial charge on any atom is 0.345 e. The first kappa shape index (κ1) is 18.4. The number of hydrogen-bond donors (Lipinski definition) is 0. The molecule has 1 aliphatic heterocycles. The van der Waals surface area contributed by atoms with Crippen LogP contribution in [0, 0.1) is 11.7 Å². The lowest BCUT2D eigenvalue weighted by Crippen LogP contribution is -2.38. The Morgan fingerprint density at radius 3 is 2.74 bits per heavy atom. The predicted molar refractivity (Wildman–Crippen MR) is 97.3 cm³/mol. The molecule has 0 amide bonds. The molecular formula is C18H23FN4O3S. The number of aromatic nitrogens is 3. The highest BCUT2D eigenvalue weighted by Crippen LogP contribution is 2.30. The Morgan fingerprint density at radius 2 is 2.04 bits per heavy atom. The van der Waals surface area contributed by atoms with E-state index in [4.69, 9.17) is 0 Å². The molecule has 0 radical (unpaired) electrons. The molecule has 0 bridgehead atoms. The molecule has 0 saturated heterocycles. The molecule has 1 saturated carbocycles. The molecule has 2 aliphatic rings. The Kier molecular flexibility index (Phi) is 4.67. The molecule has 1 aromatic heterocycles. The lowest BCUT2D eigenvalue weighted by atomic mass is 10.1. The molecule has 2 heterocycles. The van der Waals surface area contributed by atoms with E-state index in [0.717, 1.165) is 24.7 Å². The summed E-state index contributed by atoms with van der Waals surface area (Å²) in [5.74, 6) is 0.707. The molecule has 1 aliphatic carbocycles. The van der Waals surface area contributed by atoms with Crippen molar-refractivity contribution in [2.45, 2.75) is 56.1 Å². The van der Waals surface area contributed by atoms with Gasteiger partial charge in [0.1, 0.15) is 11.6 Å². The summed E-state index contributed by atoms with van der Waals surface area (Å²) >= 11 is 0. The van der Waals surface area contributed by atoms with Gasteiger partial charge in [0.15, 0.2) is 0 Å². The van der Waals surface area contributed by atoms with Gasteiger partial charge < -0.3 is 0 Å². The molecule has 0 N–H and O–H groups in total. The zero-order valence-electron chi connectivity index (χ0n) is 15.2. The van der Waals surface area contributed by atoms with Crippen LogP contribution in [0.1, 0.15) is 31.5 Å². The number of fused-ring (bicyclic) bond motifs is 1. The van der Waals surface area contributed by atoms with Gasteiger partial charge in [-0.05, 0) is 49.8 Å². The normalized spacial score (nSPS) is 20.5. The van der Waals surface area contributed by atoms with Crippen molar-refractivity contribution >= 4 is 10.0 Å². The van der Waals surface area contributed by atoms with Crippen molar-refractivity contribution in [3.63, 3.8) is 0 Å². The smallest absolute Gasteiger partial charge is 0.279 e. The van der Waals surface area contributed by atoms with E-state index in [9.17, 15) is 17.6 Å². The molecule has 27 heavy (non-hydrogen) atoms. The number of benzene rings is 1. The van der Waals surface area contributed by atoms with Crippen molar-refractivity contribution in [2.75, 3.05) is 7.05 Å². The summed E-state index contributed by atoms with van der Waals surface area (Å²) in [6.07, 6.45) is 3.94. The van der Waals surface area contributed by atoms with Crippen LogP contribution in [0.15, 0.2) is 34.0 Å². The van der Waals surface area contributed by atoms with Crippen molar-refractivity contribution < 1.29 is 12.8 Å². The van der Waals surface area contributed by atoms with E-state index in [-0.39, 0.29) is 16.6 Å². The summed E-state index contributed by atoms with van der Waals surface area (Å²) < 4.78 is 43.6. The molecule has 9 heteroatoms. The van der Waals surface area contributed by atoms with Crippen molar-refractivity contribution in [2.24, 2.45) is 5.92 Å². The number of aryl methyl sites for hydroxylation is 1. The minimum atomic E-state index is -3.79. The van der Waals surface area contributed by atoms with Gasteiger partial charge >= 0.3 is 5.69 Å². The van der Waals surface area contributed by atoms with Crippen molar-refractivity contribution in [3.8, 4) is 0 Å². The SMILES string of the molecule is CN(C1CCc2nn(CC3CC3)c(=O)n2CC1)S(=O)(=O)c1cccc(F)c1. The second-order valence-corrected chi connectivity index (χ2v) is 9.43. The number of nitrogens with zero attached hydrogens (tertiary/aromatic N) is 4. The van der Waals surface area contributed by atoms with Gasteiger partial charge in [0.2, 0.25) is 10.0 Å². The van der Waals surface area contributed by atoms with Crippen LogP contribution in [0.25, 0.3) is 0 Å². The van der Waals surface area contributed by atoms with Crippen molar-refractivity contribution in [3.05, 3.63) is 46.4 Å². The molecule has 1 unspecified atom stereocenters. The van der Waals surface area contributed by atoms with E-state index < -0.39 is 15.8 Å². The Morgan fingerprint density at radius 1 is 1.26 bits per heavy atom. The van der Waals surface area contributed by atoms with Crippen LogP contribution >= 0.6 is 0 Å². The van der Waals surface area contributed by atoms with Gasteiger partial charge in [0, 0.05) is 32.6 Å². The average molecular weight is 394 g/mol. The van der Waals surface area contributed by atoms with E-state index in [2.05, 4.69) is 5.10 Å². The third-order valence-electron chi connectivity index (χ3n) is 5.50. The van der Waals surface area contributed by atoms with Crippen LogP contribution in [0.3, 0.4) is 0 Å². The summed E-state index contributed by atoms with van der Waals surface area (Å²) in [6.45, 7) is 1.11. The third kappa shape index (κ3) is 3.58. The van der Waals surface area contributed by atoms with Crippen LogP contribution in [0.5, 0.6) is 0 Å². The average Bonchev–Trinajstić information content (AvgIpc) is 3.43. The quantitative estimate of drug-likeness (QED) is 0.772. The summed E-state index contributed by atoms with van der Waals surface area (Å²) in [5, 5.41) is 4.47. The van der Waals surface area contributed by atoms with E-state index in [0.29, 0.717) is 38.3 Å². The van der Waals surface area contributed by atoms with Crippen LogP contribution in [-0.4, -0.2) is 40.2 Å². The van der Waals surface area contributed by atoms with Gasteiger partial charge in [-0.2, -0.15) is 9.40 Å². The second kappa shape index (κ2) is 6.87. The topological polar surface area (TPSA) is 77.2 Å². The van der Waals surface area contributed by atoms with Crippen molar-refractivity contribution in [1.29, 1.82) is 0 Å². The Balaban J connectivity index is 1.52. The number of halogens is 1. The fraction of sp³-hybridized carbons (Fsp3) is 0.556. The van der Waals surface area contributed by atoms with Gasteiger partial charge in [-0.25, -0.2) is 22.3 Å². The minimum absolute atomic E-state index is 0.0567. The van der Waals surface area contributed by atoms with Crippen LogP contribution in [0.2, 0.25) is 0 Å². The maximum atomic E-state index is 13.5. The van der Waals surface area contributed by atoms with Gasteiger partial charge in [0.05, 0.1) is 4.90 Å². The van der Waals surface area contributed by atoms with Crippen LogP contribution < -0.4 is 5.69 Å². The highest BCUT2D eigenvalue weighted by atomic mass is 32.2. The van der Waals surface area contributed by atoms with E-state index >= 15 is 0 Å². The lowest BCUT2D eigenvalue weighted by molar-refractivity contribution is 0.328. The molecule has 2 aromatic rings. The Labute approximate surface area is 157 Å². The molecule has 0 spiro atoms. The molecule has 1 fully saturated rings. The first-order chi connectivity index (χ1) is 12.9. The monoisotopic (exact) mass is 394 g/mol. The standard InChI is InChI=1S/C18H23FN4O3S/c1-21(27(25,26)16-4-2-3-14(19)11-16)15-7-8-17-20-23(12-13-5-6-13)18(24)22(17)10-9-15/h2-4,11,13,15H,5-10,12H2,1H3. The number of sulfonamides is 1. The van der Waals surface area contributed by atoms with E-state index in [1.54, 1.807) is 9.25 Å². The van der Waals surface area contributed by atoms with Gasteiger partial charge in [-0.1, -0.05) is 6.07 Å².